The highest BCUT2D eigenvalue weighted by molar-refractivity contribution is 6.39. The summed E-state index contributed by atoms with van der Waals surface area (Å²) in [4.78, 5) is 16.2. The minimum absolute atomic E-state index is 0.0340. The Morgan fingerprint density at radius 3 is 2.59 bits per heavy atom. The van der Waals surface area contributed by atoms with Crippen molar-refractivity contribution in [1.29, 1.82) is 0 Å². The molecule has 6 heteroatoms. The van der Waals surface area contributed by atoms with E-state index in [9.17, 15) is 9.90 Å². The monoisotopic (exact) mass is 272 g/mol. The molecule has 0 aliphatic heterocycles. The predicted octanol–water partition coefficient (Wildman–Crippen LogP) is 2.99. The quantitative estimate of drug-likeness (QED) is 0.868. The summed E-state index contributed by atoms with van der Waals surface area (Å²) in [7, 11) is 0. The standard InChI is InChI=1S/C11H10Cl2N2O2/c1-5(2)15-4-14-9-8(11(15)17)6(12)3-7(13)10(9)16/h3-5,16H,1-2H3. The van der Waals surface area contributed by atoms with Crippen LogP contribution in [0.2, 0.25) is 10.0 Å². The smallest absolute Gasteiger partial charge is 0.263 e. The highest BCUT2D eigenvalue weighted by atomic mass is 35.5. The zero-order valence-corrected chi connectivity index (χ0v) is 10.7. The van der Waals surface area contributed by atoms with Gasteiger partial charge in [-0.3, -0.25) is 9.36 Å². The summed E-state index contributed by atoms with van der Waals surface area (Å²) in [5.74, 6) is -0.223. The number of halogens is 2. The van der Waals surface area contributed by atoms with Gasteiger partial charge < -0.3 is 5.11 Å². The Balaban J connectivity index is 2.97. The number of phenolic OH excluding ortho intramolecular Hbond substituents is 1. The molecule has 0 aliphatic carbocycles. The van der Waals surface area contributed by atoms with Gasteiger partial charge in [-0.1, -0.05) is 23.2 Å². The first-order chi connectivity index (χ1) is 7.93. The van der Waals surface area contributed by atoms with E-state index in [0.29, 0.717) is 0 Å². The van der Waals surface area contributed by atoms with E-state index in [1.807, 2.05) is 13.8 Å². The summed E-state index contributed by atoms with van der Waals surface area (Å²) >= 11 is 11.7. The van der Waals surface area contributed by atoms with E-state index in [1.165, 1.54) is 17.0 Å². The van der Waals surface area contributed by atoms with Gasteiger partial charge in [0.2, 0.25) is 0 Å². The van der Waals surface area contributed by atoms with Crippen molar-refractivity contribution in [2.75, 3.05) is 0 Å². The van der Waals surface area contributed by atoms with E-state index in [4.69, 9.17) is 23.2 Å². The molecule has 1 aromatic carbocycles. The number of fused-ring (bicyclic) bond motifs is 1. The van der Waals surface area contributed by atoms with Crippen LogP contribution in [0, 0.1) is 0 Å². The van der Waals surface area contributed by atoms with Crippen molar-refractivity contribution in [2.24, 2.45) is 0 Å². The third kappa shape index (κ3) is 1.87. The summed E-state index contributed by atoms with van der Waals surface area (Å²) in [5, 5.41) is 10.2. The Kier molecular flexibility index (Phi) is 3.02. The molecular formula is C11H10Cl2N2O2. The molecule has 0 radical (unpaired) electrons. The fourth-order valence-corrected chi connectivity index (χ4v) is 2.13. The van der Waals surface area contributed by atoms with Gasteiger partial charge in [-0.15, -0.1) is 0 Å². The van der Waals surface area contributed by atoms with Gasteiger partial charge in [-0.2, -0.15) is 0 Å². The van der Waals surface area contributed by atoms with Crippen LogP contribution in [0.4, 0.5) is 0 Å². The Morgan fingerprint density at radius 1 is 1.35 bits per heavy atom. The normalized spacial score (nSPS) is 11.4. The lowest BCUT2D eigenvalue weighted by Gasteiger charge is -2.11. The van der Waals surface area contributed by atoms with Gasteiger partial charge in [-0.25, -0.2) is 4.98 Å². The molecule has 0 atom stereocenters. The third-order valence-corrected chi connectivity index (χ3v) is 3.08. The zero-order chi connectivity index (χ0) is 12.7. The molecule has 0 spiro atoms. The predicted molar refractivity (Wildman–Crippen MR) is 68.1 cm³/mol. The third-order valence-electron chi connectivity index (χ3n) is 2.50. The van der Waals surface area contributed by atoms with Crippen LogP contribution < -0.4 is 5.56 Å². The number of hydrogen-bond donors (Lipinski definition) is 1. The molecule has 0 bridgehead atoms. The summed E-state index contributed by atoms with van der Waals surface area (Å²) in [6.45, 7) is 3.72. The average molecular weight is 273 g/mol. The van der Waals surface area contributed by atoms with Crippen LogP contribution in [0.5, 0.6) is 5.75 Å². The van der Waals surface area contributed by atoms with Crippen LogP contribution in [0.3, 0.4) is 0 Å². The molecule has 0 unspecified atom stereocenters. The van der Waals surface area contributed by atoms with Crippen LogP contribution in [0.15, 0.2) is 17.2 Å². The van der Waals surface area contributed by atoms with Crippen LogP contribution >= 0.6 is 23.2 Å². The number of phenols is 1. The molecule has 90 valence electrons. The maximum absolute atomic E-state index is 12.1. The number of benzene rings is 1. The summed E-state index contributed by atoms with van der Waals surface area (Å²) in [6.07, 6.45) is 1.38. The maximum Gasteiger partial charge on any atom is 0.263 e. The van der Waals surface area contributed by atoms with Gasteiger partial charge >= 0.3 is 0 Å². The van der Waals surface area contributed by atoms with Gasteiger partial charge in [0.05, 0.1) is 21.8 Å². The molecule has 0 saturated carbocycles. The van der Waals surface area contributed by atoms with Crippen LogP contribution in [0.1, 0.15) is 19.9 Å². The minimum atomic E-state index is -0.290. The van der Waals surface area contributed by atoms with Gasteiger partial charge in [0.1, 0.15) is 5.52 Å². The van der Waals surface area contributed by atoms with Crippen molar-refractivity contribution in [3.05, 3.63) is 32.8 Å². The molecule has 0 amide bonds. The second-order valence-corrected chi connectivity index (χ2v) is 4.78. The minimum Gasteiger partial charge on any atom is -0.504 e. The first-order valence-corrected chi connectivity index (χ1v) is 5.77. The molecule has 4 nitrogen and oxygen atoms in total. The van der Waals surface area contributed by atoms with Crippen molar-refractivity contribution in [1.82, 2.24) is 9.55 Å². The first kappa shape index (κ1) is 12.2. The highest BCUT2D eigenvalue weighted by Crippen LogP contribution is 2.34. The van der Waals surface area contributed by atoms with Crippen LogP contribution in [0.25, 0.3) is 10.9 Å². The fourth-order valence-electron chi connectivity index (χ4n) is 1.59. The molecule has 0 fully saturated rings. The Hall–Kier alpha value is -1.26. The number of hydrogen-bond acceptors (Lipinski definition) is 3. The molecule has 1 heterocycles. The van der Waals surface area contributed by atoms with Crippen molar-refractivity contribution in [3.63, 3.8) is 0 Å². The lowest BCUT2D eigenvalue weighted by atomic mass is 10.2. The lowest BCUT2D eigenvalue weighted by molar-refractivity contribution is 0.479. The van der Waals surface area contributed by atoms with Crippen LogP contribution in [-0.4, -0.2) is 14.7 Å². The van der Waals surface area contributed by atoms with Gasteiger partial charge in [0.25, 0.3) is 5.56 Å². The van der Waals surface area contributed by atoms with Crippen molar-refractivity contribution < 1.29 is 5.11 Å². The fraction of sp³-hybridized carbons (Fsp3) is 0.273. The van der Waals surface area contributed by atoms with E-state index < -0.39 is 0 Å². The summed E-state index contributed by atoms with van der Waals surface area (Å²) in [6, 6.07) is 1.31. The second kappa shape index (κ2) is 4.20. The second-order valence-electron chi connectivity index (χ2n) is 3.96. The topological polar surface area (TPSA) is 55.1 Å². The lowest BCUT2D eigenvalue weighted by Crippen LogP contribution is -2.22. The number of aromatic nitrogens is 2. The average Bonchev–Trinajstić information content (AvgIpc) is 2.25. The summed E-state index contributed by atoms with van der Waals surface area (Å²) in [5.41, 5.74) is -0.161. The molecule has 1 N–H and O–H groups in total. The van der Waals surface area contributed by atoms with E-state index >= 15 is 0 Å². The largest absolute Gasteiger partial charge is 0.504 e. The molecule has 0 aliphatic rings. The van der Waals surface area contributed by atoms with Gasteiger partial charge in [0.15, 0.2) is 5.75 Å². The first-order valence-electron chi connectivity index (χ1n) is 5.01. The van der Waals surface area contributed by atoms with Gasteiger partial charge in [0, 0.05) is 6.04 Å². The Morgan fingerprint density at radius 2 is 2.00 bits per heavy atom. The SMILES string of the molecule is CC(C)n1cnc2c(O)c(Cl)cc(Cl)c2c1=O. The molecular weight excluding hydrogens is 263 g/mol. The molecule has 2 rings (SSSR count). The van der Waals surface area contributed by atoms with E-state index in [-0.39, 0.29) is 38.3 Å². The molecule has 2 aromatic rings. The van der Waals surface area contributed by atoms with Crippen molar-refractivity contribution in [3.8, 4) is 5.75 Å². The van der Waals surface area contributed by atoms with E-state index in [2.05, 4.69) is 4.98 Å². The summed E-state index contributed by atoms with van der Waals surface area (Å²) < 4.78 is 1.45. The van der Waals surface area contributed by atoms with Crippen molar-refractivity contribution >= 4 is 34.1 Å². The van der Waals surface area contributed by atoms with Crippen LogP contribution in [-0.2, 0) is 0 Å². The maximum atomic E-state index is 12.1. The number of rotatable bonds is 1. The number of aromatic hydroxyl groups is 1. The molecule has 0 saturated heterocycles. The number of nitrogens with zero attached hydrogens (tertiary/aromatic N) is 2. The van der Waals surface area contributed by atoms with Crippen molar-refractivity contribution in [2.45, 2.75) is 19.9 Å². The Bertz CT molecular complexity index is 650. The zero-order valence-electron chi connectivity index (χ0n) is 9.24. The van der Waals surface area contributed by atoms with E-state index in [1.54, 1.807) is 0 Å². The van der Waals surface area contributed by atoms with Gasteiger partial charge in [-0.05, 0) is 19.9 Å². The Labute approximate surface area is 107 Å². The van der Waals surface area contributed by atoms with E-state index in [0.717, 1.165) is 0 Å². The highest BCUT2D eigenvalue weighted by Gasteiger charge is 2.15. The molecule has 17 heavy (non-hydrogen) atoms. The molecule has 1 aromatic heterocycles.